The van der Waals surface area contributed by atoms with Crippen LogP contribution in [0.4, 0.5) is 0 Å². The zero-order valence-electron chi connectivity index (χ0n) is 8.36. The van der Waals surface area contributed by atoms with Gasteiger partial charge >= 0.3 is 0 Å². The molecule has 3 atom stereocenters. The number of rotatable bonds is 3. The highest BCUT2D eigenvalue weighted by Crippen LogP contribution is 2.32. The predicted octanol–water partition coefficient (Wildman–Crippen LogP) is 0.795. The number of hydrogen-bond donors (Lipinski definition) is 1. The Bertz CT molecular complexity index is 261. The first-order valence-corrected chi connectivity index (χ1v) is 6.89. The zero-order chi connectivity index (χ0) is 10.1. The van der Waals surface area contributed by atoms with Crippen LogP contribution in [-0.2, 0) is 9.84 Å². The van der Waals surface area contributed by atoms with E-state index < -0.39 is 9.84 Å². The standard InChI is InChI=1S/C9H19NO2S/c1-7-8(3-4-9(7)10)5-6-13(2,11)12/h7-9H,3-6,10H2,1-2H3. The van der Waals surface area contributed by atoms with Crippen molar-refractivity contribution in [2.24, 2.45) is 17.6 Å². The maximum absolute atomic E-state index is 10.9. The third-order valence-corrected chi connectivity index (χ3v) is 4.13. The fourth-order valence-corrected chi connectivity index (χ4v) is 2.79. The van der Waals surface area contributed by atoms with Gasteiger partial charge in [0.1, 0.15) is 9.84 Å². The molecule has 3 unspecified atom stereocenters. The van der Waals surface area contributed by atoms with Crippen LogP contribution in [0.1, 0.15) is 26.2 Å². The van der Waals surface area contributed by atoms with Crippen molar-refractivity contribution >= 4 is 9.84 Å². The van der Waals surface area contributed by atoms with Crippen molar-refractivity contribution in [1.82, 2.24) is 0 Å². The Kier molecular flexibility index (Phi) is 3.35. The van der Waals surface area contributed by atoms with Gasteiger partial charge < -0.3 is 5.73 Å². The summed E-state index contributed by atoms with van der Waals surface area (Å²) in [5.74, 6) is 1.32. The van der Waals surface area contributed by atoms with Crippen molar-refractivity contribution in [2.45, 2.75) is 32.2 Å². The second kappa shape index (κ2) is 3.96. The molecule has 0 spiro atoms. The van der Waals surface area contributed by atoms with Crippen LogP contribution < -0.4 is 5.73 Å². The van der Waals surface area contributed by atoms with Gasteiger partial charge in [-0.3, -0.25) is 0 Å². The molecule has 78 valence electrons. The van der Waals surface area contributed by atoms with Gasteiger partial charge in [0.05, 0.1) is 5.75 Å². The molecule has 0 aromatic rings. The van der Waals surface area contributed by atoms with Crippen LogP contribution in [0, 0.1) is 11.8 Å². The maximum atomic E-state index is 10.9. The molecule has 0 radical (unpaired) electrons. The fourth-order valence-electron chi connectivity index (χ4n) is 2.05. The van der Waals surface area contributed by atoms with Crippen molar-refractivity contribution in [1.29, 1.82) is 0 Å². The largest absolute Gasteiger partial charge is 0.327 e. The highest BCUT2D eigenvalue weighted by Gasteiger charge is 2.30. The lowest BCUT2D eigenvalue weighted by Gasteiger charge is -2.17. The molecule has 0 bridgehead atoms. The quantitative estimate of drug-likeness (QED) is 0.741. The van der Waals surface area contributed by atoms with E-state index in [0.717, 1.165) is 19.3 Å². The molecule has 13 heavy (non-hydrogen) atoms. The van der Waals surface area contributed by atoms with Crippen LogP contribution in [-0.4, -0.2) is 26.5 Å². The summed E-state index contributed by atoms with van der Waals surface area (Å²) in [6, 6.07) is 0.282. The van der Waals surface area contributed by atoms with Gasteiger partial charge in [-0.25, -0.2) is 8.42 Å². The number of sulfone groups is 1. The van der Waals surface area contributed by atoms with E-state index in [1.165, 1.54) is 6.26 Å². The van der Waals surface area contributed by atoms with E-state index in [0.29, 0.717) is 17.6 Å². The summed E-state index contributed by atoms with van der Waals surface area (Å²) in [5.41, 5.74) is 5.86. The molecule has 0 saturated heterocycles. The SMILES string of the molecule is CC1C(N)CCC1CCS(C)(=O)=O. The van der Waals surface area contributed by atoms with Crippen molar-refractivity contribution in [3.63, 3.8) is 0 Å². The third kappa shape index (κ3) is 3.27. The Hall–Kier alpha value is -0.0900. The highest BCUT2D eigenvalue weighted by atomic mass is 32.2. The Morgan fingerprint density at radius 3 is 2.38 bits per heavy atom. The summed E-state index contributed by atoms with van der Waals surface area (Å²) in [6.07, 6.45) is 4.23. The van der Waals surface area contributed by atoms with E-state index in [-0.39, 0.29) is 6.04 Å². The monoisotopic (exact) mass is 205 g/mol. The lowest BCUT2D eigenvalue weighted by molar-refractivity contribution is 0.382. The van der Waals surface area contributed by atoms with E-state index in [1.807, 2.05) is 0 Å². The Morgan fingerprint density at radius 1 is 1.38 bits per heavy atom. The molecule has 1 rings (SSSR count). The molecule has 2 N–H and O–H groups in total. The molecular formula is C9H19NO2S. The summed E-state index contributed by atoms with van der Waals surface area (Å²) in [4.78, 5) is 0. The van der Waals surface area contributed by atoms with Crippen molar-refractivity contribution in [2.75, 3.05) is 12.0 Å². The first kappa shape index (κ1) is 11.0. The van der Waals surface area contributed by atoms with Gasteiger partial charge in [-0.1, -0.05) is 6.92 Å². The molecular weight excluding hydrogens is 186 g/mol. The van der Waals surface area contributed by atoms with E-state index in [2.05, 4.69) is 6.92 Å². The van der Waals surface area contributed by atoms with E-state index in [4.69, 9.17) is 5.73 Å². The summed E-state index contributed by atoms with van der Waals surface area (Å²) < 4.78 is 21.9. The molecule has 1 aliphatic rings. The first-order chi connectivity index (χ1) is 5.90. The molecule has 1 fully saturated rings. The van der Waals surface area contributed by atoms with Gasteiger partial charge in [0, 0.05) is 12.3 Å². The summed E-state index contributed by atoms with van der Waals surface area (Å²) in [5, 5.41) is 0. The average molecular weight is 205 g/mol. The van der Waals surface area contributed by atoms with Crippen LogP contribution >= 0.6 is 0 Å². The van der Waals surface area contributed by atoms with Gasteiger partial charge in [0.25, 0.3) is 0 Å². The van der Waals surface area contributed by atoms with Gasteiger partial charge in [0.2, 0.25) is 0 Å². The van der Waals surface area contributed by atoms with Gasteiger partial charge in [-0.05, 0) is 31.1 Å². The van der Waals surface area contributed by atoms with Crippen LogP contribution in [0.25, 0.3) is 0 Å². The molecule has 3 nitrogen and oxygen atoms in total. The van der Waals surface area contributed by atoms with Crippen LogP contribution in [0.5, 0.6) is 0 Å². The third-order valence-electron chi connectivity index (χ3n) is 3.15. The Labute approximate surface area is 80.6 Å². The smallest absolute Gasteiger partial charge is 0.147 e. The average Bonchev–Trinajstić information content (AvgIpc) is 2.29. The molecule has 0 amide bonds. The second-order valence-corrected chi connectivity index (χ2v) is 6.54. The molecule has 1 saturated carbocycles. The minimum absolute atomic E-state index is 0.282. The van der Waals surface area contributed by atoms with Gasteiger partial charge in [-0.2, -0.15) is 0 Å². The van der Waals surface area contributed by atoms with Crippen LogP contribution in [0.15, 0.2) is 0 Å². The van der Waals surface area contributed by atoms with Gasteiger partial charge in [0.15, 0.2) is 0 Å². The van der Waals surface area contributed by atoms with Crippen molar-refractivity contribution < 1.29 is 8.42 Å². The first-order valence-electron chi connectivity index (χ1n) is 4.83. The molecule has 0 heterocycles. The van der Waals surface area contributed by atoms with Crippen molar-refractivity contribution in [3.05, 3.63) is 0 Å². The van der Waals surface area contributed by atoms with E-state index in [1.54, 1.807) is 0 Å². The summed E-state index contributed by atoms with van der Waals surface area (Å²) in [6.45, 7) is 2.13. The lowest BCUT2D eigenvalue weighted by Crippen LogP contribution is -2.25. The molecule has 1 aliphatic carbocycles. The fraction of sp³-hybridized carbons (Fsp3) is 1.00. The van der Waals surface area contributed by atoms with Gasteiger partial charge in [-0.15, -0.1) is 0 Å². The topological polar surface area (TPSA) is 60.2 Å². The summed E-state index contributed by atoms with van der Waals surface area (Å²) >= 11 is 0. The highest BCUT2D eigenvalue weighted by molar-refractivity contribution is 7.90. The Morgan fingerprint density at radius 2 is 2.00 bits per heavy atom. The van der Waals surface area contributed by atoms with E-state index >= 15 is 0 Å². The summed E-state index contributed by atoms with van der Waals surface area (Å²) in [7, 11) is -2.79. The predicted molar refractivity (Wildman–Crippen MR) is 54.2 cm³/mol. The number of nitrogens with two attached hydrogens (primary N) is 1. The zero-order valence-corrected chi connectivity index (χ0v) is 9.18. The molecule has 0 aromatic carbocycles. The molecule has 0 aliphatic heterocycles. The molecule has 4 heteroatoms. The minimum Gasteiger partial charge on any atom is -0.327 e. The maximum Gasteiger partial charge on any atom is 0.147 e. The van der Waals surface area contributed by atoms with E-state index in [9.17, 15) is 8.42 Å². The minimum atomic E-state index is -2.79. The van der Waals surface area contributed by atoms with Crippen molar-refractivity contribution in [3.8, 4) is 0 Å². The molecule has 0 aromatic heterocycles. The van der Waals surface area contributed by atoms with Crippen LogP contribution in [0.2, 0.25) is 0 Å². The van der Waals surface area contributed by atoms with Crippen LogP contribution in [0.3, 0.4) is 0 Å². The second-order valence-electron chi connectivity index (χ2n) is 4.28. The Balaban J connectivity index is 2.39. The lowest BCUT2D eigenvalue weighted by atomic mass is 9.94. The normalized spacial score (nSPS) is 35.2. The number of hydrogen-bond acceptors (Lipinski definition) is 3.